The lowest BCUT2D eigenvalue weighted by molar-refractivity contribution is -0.138. The van der Waals surface area contributed by atoms with E-state index in [-0.39, 0.29) is 11.8 Å². The number of carbonyl (C=O) groups excluding carboxylic acids is 2. The van der Waals surface area contributed by atoms with Gasteiger partial charge in [-0.25, -0.2) is 0 Å². The van der Waals surface area contributed by atoms with Crippen LogP contribution < -0.4 is 0 Å². The van der Waals surface area contributed by atoms with Crippen LogP contribution in [0.1, 0.15) is 70.1 Å². The summed E-state index contributed by atoms with van der Waals surface area (Å²) in [6, 6.07) is 9.84. The summed E-state index contributed by atoms with van der Waals surface area (Å²) in [5, 5.41) is 8.25. The molecule has 1 fully saturated rings. The summed E-state index contributed by atoms with van der Waals surface area (Å²) in [6.45, 7) is 0.604. The molecule has 0 N–H and O–H groups in total. The third-order valence-electron chi connectivity index (χ3n) is 5.16. The molecule has 2 heterocycles. The number of unbranched alkanes of at least 4 members (excludes halogenated alkanes) is 7. The number of hydrogen-bond acceptors (Lipinski definition) is 5. The topological polar surface area (TPSA) is 76.3 Å². The smallest absolute Gasteiger partial charge is 0.247 e. The molecule has 0 atom stereocenters. The number of aromatic nitrogens is 2. The fourth-order valence-electron chi connectivity index (χ4n) is 3.53. The molecule has 2 amide bonds. The summed E-state index contributed by atoms with van der Waals surface area (Å²) in [6.07, 6.45) is 10.7. The molecule has 1 aliphatic rings. The van der Waals surface area contributed by atoms with E-state index in [2.05, 4.69) is 10.2 Å². The van der Waals surface area contributed by atoms with E-state index in [0.29, 0.717) is 31.2 Å². The van der Waals surface area contributed by atoms with Crippen molar-refractivity contribution in [3.05, 3.63) is 36.2 Å². The number of likely N-dealkylation sites (tertiary alicyclic amines) is 1. The predicted molar refractivity (Wildman–Crippen MR) is 106 cm³/mol. The Labute approximate surface area is 166 Å². The zero-order valence-corrected chi connectivity index (χ0v) is 16.4. The van der Waals surface area contributed by atoms with Crippen molar-refractivity contribution in [2.45, 2.75) is 70.6 Å². The summed E-state index contributed by atoms with van der Waals surface area (Å²) in [4.78, 5) is 24.5. The molecule has 28 heavy (non-hydrogen) atoms. The molecule has 1 aromatic heterocycles. The lowest BCUT2D eigenvalue weighted by Crippen LogP contribution is -2.29. The maximum absolute atomic E-state index is 11.5. The molecule has 2 aromatic rings. The van der Waals surface area contributed by atoms with Crippen molar-refractivity contribution in [3.63, 3.8) is 0 Å². The number of benzene rings is 1. The zero-order chi connectivity index (χ0) is 19.6. The molecule has 1 saturated heterocycles. The van der Waals surface area contributed by atoms with Crippen LogP contribution in [0.5, 0.6) is 0 Å². The lowest BCUT2D eigenvalue weighted by atomic mass is 10.1. The Morgan fingerprint density at radius 1 is 0.786 bits per heavy atom. The third kappa shape index (κ3) is 6.01. The highest BCUT2D eigenvalue weighted by molar-refractivity contribution is 6.01. The Balaban J connectivity index is 1.18. The second-order valence-electron chi connectivity index (χ2n) is 7.38. The quantitative estimate of drug-likeness (QED) is 0.397. The second-order valence-corrected chi connectivity index (χ2v) is 7.38. The fourth-order valence-corrected chi connectivity index (χ4v) is 3.53. The molecule has 150 valence electrons. The molecule has 1 aromatic carbocycles. The normalized spacial score (nSPS) is 14.2. The van der Waals surface area contributed by atoms with Crippen molar-refractivity contribution < 1.29 is 14.0 Å². The van der Waals surface area contributed by atoms with Gasteiger partial charge in [-0.3, -0.25) is 14.5 Å². The minimum absolute atomic E-state index is 0.00198. The number of imide groups is 1. The van der Waals surface area contributed by atoms with Gasteiger partial charge in [0.15, 0.2) is 0 Å². The summed E-state index contributed by atoms with van der Waals surface area (Å²) >= 11 is 0. The fraction of sp³-hybridized carbons (Fsp3) is 0.545. The Hall–Kier alpha value is -2.50. The number of hydrogen-bond donors (Lipinski definition) is 0. The van der Waals surface area contributed by atoms with Crippen LogP contribution in [-0.2, 0) is 16.0 Å². The van der Waals surface area contributed by atoms with Crippen LogP contribution in [0.2, 0.25) is 0 Å². The van der Waals surface area contributed by atoms with E-state index in [1.165, 1.54) is 37.0 Å². The van der Waals surface area contributed by atoms with Gasteiger partial charge in [-0.1, -0.05) is 56.7 Å². The Morgan fingerprint density at radius 2 is 1.39 bits per heavy atom. The van der Waals surface area contributed by atoms with Crippen molar-refractivity contribution in [2.75, 3.05) is 6.54 Å². The lowest BCUT2D eigenvalue weighted by Gasteiger charge is -2.12. The largest absolute Gasteiger partial charge is 0.421 e. The van der Waals surface area contributed by atoms with E-state index in [4.69, 9.17) is 4.42 Å². The van der Waals surface area contributed by atoms with Crippen LogP contribution in [0.25, 0.3) is 11.5 Å². The summed E-state index contributed by atoms with van der Waals surface area (Å²) < 4.78 is 5.72. The van der Waals surface area contributed by atoms with Gasteiger partial charge in [-0.05, 0) is 25.0 Å². The first-order valence-electron chi connectivity index (χ1n) is 10.4. The first-order valence-corrected chi connectivity index (χ1v) is 10.4. The number of aryl methyl sites for hydroxylation is 1. The van der Waals surface area contributed by atoms with E-state index in [0.717, 1.165) is 31.2 Å². The van der Waals surface area contributed by atoms with Crippen LogP contribution >= 0.6 is 0 Å². The van der Waals surface area contributed by atoms with Crippen LogP contribution in [-0.4, -0.2) is 33.5 Å². The summed E-state index contributed by atoms with van der Waals surface area (Å²) in [5.74, 6) is 1.31. The van der Waals surface area contributed by atoms with Crippen molar-refractivity contribution >= 4 is 11.8 Å². The molecule has 3 rings (SSSR count). The average Bonchev–Trinajstić information content (AvgIpc) is 3.31. The van der Waals surface area contributed by atoms with Gasteiger partial charge >= 0.3 is 0 Å². The van der Waals surface area contributed by atoms with Gasteiger partial charge in [-0.15, -0.1) is 10.2 Å². The van der Waals surface area contributed by atoms with Gasteiger partial charge in [0.25, 0.3) is 0 Å². The average molecular weight is 383 g/mol. The summed E-state index contributed by atoms with van der Waals surface area (Å²) in [5.41, 5.74) is 0.958. The summed E-state index contributed by atoms with van der Waals surface area (Å²) in [7, 11) is 0. The van der Waals surface area contributed by atoms with Crippen molar-refractivity contribution in [3.8, 4) is 11.5 Å². The number of amides is 2. The molecule has 0 spiro atoms. The predicted octanol–water partition coefficient (Wildman–Crippen LogP) is 4.55. The number of nitrogens with zero attached hydrogens (tertiary/aromatic N) is 3. The molecular formula is C22H29N3O3. The van der Waals surface area contributed by atoms with E-state index in [1.807, 2.05) is 30.3 Å². The highest BCUT2D eigenvalue weighted by atomic mass is 16.4. The molecular weight excluding hydrogens is 354 g/mol. The highest BCUT2D eigenvalue weighted by Crippen LogP contribution is 2.18. The highest BCUT2D eigenvalue weighted by Gasteiger charge is 2.27. The minimum atomic E-state index is 0.00198. The third-order valence-corrected chi connectivity index (χ3v) is 5.16. The number of rotatable bonds is 12. The van der Waals surface area contributed by atoms with Crippen LogP contribution in [0.15, 0.2) is 34.7 Å². The molecule has 0 bridgehead atoms. The van der Waals surface area contributed by atoms with Gasteiger partial charge in [0.2, 0.25) is 23.6 Å². The van der Waals surface area contributed by atoms with Crippen LogP contribution in [0.4, 0.5) is 0 Å². The Morgan fingerprint density at radius 3 is 2.07 bits per heavy atom. The molecule has 0 unspecified atom stereocenters. The molecule has 1 aliphatic heterocycles. The van der Waals surface area contributed by atoms with E-state index in [9.17, 15) is 9.59 Å². The molecule has 0 saturated carbocycles. The standard InChI is InChI=1S/C22H29N3O3/c26-20-15-16-21(27)25(20)17-11-6-4-2-1-3-5-10-14-19-23-24-22(28-19)18-12-8-7-9-13-18/h7-9,12-13H,1-6,10-11,14-17H2. The van der Waals surface area contributed by atoms with Crippen molar-refractivity contribution in [1.82, 2.24) is 15.1 Å². The van der Waals surface area contributed by atoms with Gasteiger partial charge < -0.3 is 4.42 Å². The van der Waals surface area contributed by atoms with Gasteiger partial charge in [-0.2, -0.15) is 0 Å². The van der Waals surface area contributed by atoms with Crippen LogP contribution in [0.3, 0.4) is 0 Å². The molecule has 0 aliphatic carbocycles. The maximum Gasteiger partial charge on any atom is 0.247 e. The van der Waals surface area contributed by atoms with E-state index >= 15 is 0 Å². The first kappa shape index (κ1) is 20.2. The van der Waals surface area contributed by atoms with E-state index in [1.54, 1.807) is 0 Å². The molecule has 6 heteroatoms. The monoisotopic (exact) mass is 383 g/mol. The Kier molecular flexibility index (Phi) is 7.76. The maximum atomic E-state index is 11.5. The Bertz CT molecular complexity index is 741. The van der Waals surface area contributed by atoms with Gasteiger partial charge in [0, 0.05) is 31.4 Å². The van der Waals surface area contributed by atoms with Gasteiger partial charge in [0.1, 0.15) is 0 Å². The first-order chi connectivity index (χ1) is 13.7. The second kappa shape index (κ2) is 10.7. The van der Waals surface area contributed by atoms with Crippen molar-refractivity contribution in [2.24, 2.45) is 0 Å². The molecule has 0 radical (unpaired) electrons. The van der Waals surface area contributed by atoms with Crippen molar-refractivity contribution in [1.29, 1.82) is 0 Å². The SMILES string of the molecule is O=C1CCC(=O)N1CCCCCCCCCCc1nnc(-c2ccccc2)o1. The number of carbonyl (C=O) groups is 2. The van der Waals surface area contributed by atoms with Crippen LogP contribution in [0, 0.1) is 0 Å². The van der Waals surface area contributed by atoms with E-state index < -0.39 is 0 Å². The minimum Gasteiger partial charge on any atom is -0.421 e. The zero-order valence-electron chi connectivity index (χ0n) is 16.4. The molecule has 6 nitrogen and oxygen atoms in total. The van der Waals surface area contributed by atoms with Gasteiger partial charge in [0.05, 0.1) is 0 Å².